The van der Waals surface area contributed by atoms with Crippen LogP contribution in [0.2, 0.25) is 0 Å². The Morgan fingerprint density at radius 2 is 1.89 bits per heavy atom. The van der Waals surface area contributed by atoms with Crippen LogP contribution in [-0.4, -0.2) is 29.9 Å². The van der Waals surface area contributed by atoms with Crippen molar-refractivity contribution in [3.63, 3.8) is 0 Å². The molecule has 0 heterocycles. The summed E-state index contributed by atoms with van der Waals surface area (Å²) in [5.74, 6) is 0.213. The molecule has 1 unspecified atom stereocenters. The molecule has 0 spiro atoms. The average Bonchev–Trinajstić information content (AvgIpc) is 3.28. The van der Waals surface area contributed by atoms with Gasteiger partial charge in [0.25, 0.3) is 0 Å². The van der Waals surface area contributed by atoms with Gasteiger partial charge in [0, 0.05) is 12.6 Å². The predicted molar refractivity (Wildman–Crippen MR) is 77.9 cm³/mol. The third-order valence-corrected chi connectivity index (χ3v) is 3.86. The number of carbonyl (C=O) groups is 1. The van der Waals surface area contributed by atoms with E-state index in [4.69, 9.17) is 0 Å². The molecule has 2 rings (SSSR count). The highest BCUT2D eigenvalue weighted by molar-refractivity contribution is 5.82. The number of likely N-dealkylation sites (N-methyl/N-ethyl adjacent to an activating group) is 1. The van der Waals surface area contributed by atoms with Gasteiger partial charge in [-0.05, 0) is 44.4 Å². The number of hydrogen-bond donors (Lipinski definition) is 1. The highest BCUT2D eigenvalue weighted by Crippen LogP contribution is 2.29. The van der Waals surface area contributed by atoms with E-state index >= 15 is 0 Å². The average molecular weight is 260 g/mol. The van der Waals surface area contributed by atoms with Crippen LogP contribution in [0.25, 0.3) is 0 Å². The van der Waals surface area contributed by atoms with Crippen LogP contribution in [0, 0.1) is 0 Å². The molecule has 1 N–H and O–H groups in total. The molecule has 0 aromatic heterocycles. The molecule has 1 amide bonds. The summed E-state index contributed by atoms with van der Waals surface area (Å²) in [5, 5.41) is 3.04. The van der Waals surface area contributed by atoms with Crippen molar-refractivity contribution in [2.45, 2.75) is 51.7 Å². The van der Waals surface area contributed by atoms with Crippen molar-refractivity contribution in [2.24, 2.45) is 0 Å². The van der Waals surface area contributed by atoms with Gasteiger partial charge in [-0.25, -0.2) is 0 Å². The largest absolute Gasteiger partial charge is 0.334 e. The second-order valence-electron chi connectivity index (χ2n) is 5.38. The highest BCUT2D eigenvalue weighted by atomic mass is 16.2. The van der Waals surface area contributed by atoms with E-state index in [-0.39, 0.29) is 11.9 Å². The van der Waals surface area contributed by atoms with Crippen molar-refractivity contribution >= 4 is 5.91 Å². The number of amides is 1. The van der Waals surface area contributed by atoms with Crippen molar-refractivity contribution in [3.8, 4) is 0 Å². The molecule has 1 fully saturated rings. The predicted octanol–water partition coefficient (Wildman–Crippen LogP) is 2.35. The fourth-order valence-corrected chi connectivity index (χ4v) is 2.22. The molecule has 0 aliphatic heterocycles. The summed E-state index contributed by atoms with van der Waals surface area (Å²) < 4.78 is 0. The molecule has 19 heavy (non-hydrogen) atoms. The Balaban J connectivity index is 2.05. The van der Waals surface area contributed by atoms with Crippen LogP contribution in [0.3, 0.4) is 0 Å². The minimum atomic E-state index is -0.101. The van der Waals surface area contributed by atoms with Crippen LogP contribution in [0.15, 0.2) is 24.3 Å². The van der Waals surface area contributed by atoms with Gasteiger partial charge in [-0.15, -0.1) is 0 Å². The zero-order valence-electron chi connectivity index (χ0n) is 12.1. The standard InChI is InChI=1S/C16H24N2O/c1-4-13-5-7-14(8-6-13)11-18(15-9-10-15)16(19)12(2)17-3/h5-8,12,15,17H,4,9-11H2,1-3H3. The molecular formula is C16H24N2O. The summed E-state index contributed by atoms with van der Waals surface area (Å²) in [7, 11) is 1.84. The lowest BCUT2D eigenvalue weighted by molar-refractivity contribution is -0.134. The fraction of sp³-hybridized carbons (Fsp3) is 0.562. The van der Waals surface area contributed by atoms with Gasteiger partial charge in [-0.3, -0.25) is 4.79 Å². The Morgan fingerprint density at radius 3 is 2.37 bits per heavy atom. The number of nitrogens with zero attached hydrogens (tertiary/aromatic N) is 1. The molecule has 3 heteroatoms. The van der Waals surface area contributed by atoms with Crippen molar-refractivity contribution in [1.82, 2.24) is 10.2 Å². The van der Waals surface area contributed by atoms with Crippen molar-refractivity contribution < 1.29 is 4.79 Å². The van der Waals surface area contributed by atoms with Gasteiger partial charge in [0.1, 0.15) is 0 Å². The molecule has 0 saturated heterocycles. The van der Waals surface area contributed by atoms with Crippen LogP contribution in [0.1, 0.15) is 37.8 Å². The third kappa shape index (κ3) is 3.57. The van der Waals surface area contributed by atoms with Gasteiger partial charge in [-0.1, -0.05) is 31.2 Å². The van der Waals surface area contributed by atoms with Crippen LogP contribution >= 0.6 is 0 Å². The molecule has 0 bridgehead atoms. The Kier molecular flexibility index (Phi) is 4.59. The summed E-state index contributed by atoms with van der Waals surface area (Å²) in [6, 6.07) is 8.96. The SMILES string of the molecule is CCc1ccc(CN(C(=O)C(C)NC)C2CC2)cc1. The molecule has 3 nitrogen and oxygen atoms in total. The molecule has 1 saturated carbocycles. The number of carbonyl (C=O) groups excluding carboxylic acids is 1. The maximum absolute atomic E-state index is 12.3. The lowest BCUT2D eigenvalue weighted by Crippen LogP contribution is -2.44. The number of rotatable bonds is 6. The van der Waals surface area contributed by atoms with Gasteiger partial charge in [0.2, 0.25) is 5.91 Å². The highest BCUT2D eigenvalue weighted by Gasteiger charge is 2.34. The number of aryl methyl sites for hydroxylation is 1. The molecule has 1 aromatic carbocycles. The van der Waals surface area contributed by atoms with E-state index in [1.165, 1.54) is 11.1 Å². The quantitative estimate of drug-likeness (QED) is 0.851. The van der Waals surface area contributed by atoms with E-state index in [1.54, 1.807) is 0 Å². The van der Waals surface area contributed by atoms with Crippen molar-refractivity contribution in [2.75, 3.05) is 7.05 Å². The number of nitrogens with one attached hydrogen (secondary N) is 1. The van der Waals surface area contributed by atoms with E-state index in [2.05, 4.69) is 36.5 Å². The van der Waals surface area contributed by atoms with Gasteiger partial charge >= 0.3 is 0 Å². The molecule has 0 radical (unpaired) electrons. The van der Waals surface area contributed by atoms with Crippen LogP contribution in [0.4, 0.5) is 0 Å². The van der Waals surface area contributed by atoms with E-state index < -0.39 is 0 Å². The Labute approximate surface area is 116 Å². The first kappa shape index (κ1) is 14.1. The van der Waals surface area contributed by atoms with Gasteiger partial charge in [0.05, 0.1) is 6.04 Å². The van der Waals surface area contributed by atoms with Crippen LogP contribution in [-0.2, 0) is 17.8 Å². The lowest BCUT2D eigenvalue weighted by atomic mass is 10.1. The molecule has 1 aromatic rings. The number of hydrogen-bond acceptors (Lipinski definition) is 2. The van der Waals surface area contributed by atoms with Gasteiger partial charge in [-0.2, -0.15) is 0 Å². The molecule has 1 aliphatic carbocycles. The normalized spacial score (nSPS) is 16.2. The first-order chi connectivity index (χ1) is 9.15. The van der Waals surface area contributed by atoms with Crippen molar-refractivity contribution in [3.05, 3.63) is 35.4 Å². The van der Waals surface area contributed by atoms with E-state index in [1.807, 2.05) is 18.9 Å². The van der Waals surface area contributed by atoms with Crippen molar-refractivity contribution in [1.29, 1.82) is 0 Å². The fourth-order valence-electron chi connectivity index (χ4n) is 2.22. The maximum Gasteiger partial charge on any atom is 0.239 e. The molecule has 1 aliphatic rings. The van der Waals surface area contributed by atoms with E-state index in [0.29, 0.717) is 6.04 Å². The summed E-state index contributed by atoms with van der Waals surface area (Å²) >= 11 is 0. The second kappa shape index (κ2) is 6.20. The summed E-state index contributed by atoms with van der Waals surface area (Å²) in [4.78, 5) is 14.4. The zero-order chi connectivity index (χ0) is 13.8. The smallest absolute Gasteiger partial charge is 0.239 e. The van der Waals surface area contributed by atoms with E-state index in [9.17, 15) is 4.79 Å². The summed E-state index contributed by atoms with van der Waals surface area (Å²) in [6.07, 6.45) is 3.35. The minimum absolute atomic E-state index is 0.101. The topological polar surface area (TPSA) is 32.3 Å². The lowest BCUT2D eigenvalue weighted by Gasteiger charge is -2.25. The first-order valence-corrected chi connectivity index (χ1v) is 7.21. The summed E-state index contributed by atoms with van der Waals surface area (Å²) in [6.45, 7) is 4.82. The third-order valence-electron chi connectivity index (χ3n) is 3.86. The van der Waals surface area contributed by atoms with Crippen LogP contribution in [0.5, 0.6) is 0 Å². The van der Waals surface area contributed by atoms with Gasteiger partial charge in [0.15, 0.2) is 0 Å². The number of benzene rings is 1. The Morgan fingerprint density at radius 1 is 1.32 bits per heavy atom. The first-order valence-electron chi connectivity index (χ1n) is 7.21. The maximum atomic E-state index is 12.3. The Hall–Kier alpha value is -1.35. The van der Waals surface area contributed by atoms with Crippen LogP contribution < -0.4 is 5.32 Å². The van der Waals surface area contributed by atoms with Gasteiger partial charge < -0.3 is 10.2 Å². The molecule has 1 atom stereocenters. The summed E-state index contributed by atoms with van der Waals surface area (Å²) in [5.41, 5.74) is 2.57. The zero-order valence-corrected chi connectivity index (χ0v) is 12.1. The monoisotopic (exact) mass is 260 g/mol. The van der Waals surface area contributed by atoms with E-state index in [0.717, 1.165) is 25.8 Å². The second-order valence-corrected chi connectivity index (χ2v) is 5.38. The minimum Gasteiger partial charge on any atom is -0.334 e. The molecular weight excluding hydrogens is 236 g/mol. The molecule has 104 valence electrons. The Bertz CT molecular complexity index is 423.